The second kappa shape index (κ2) is 6.46. The van der Waals surface area contributed by atoms with Gasteiger partial charge in [0.1, 0.15) is 0 Å². The molecule has 5 rings (SSSR count). The van der Waals surface area contributed by atoms with Crippen LogP contribution in [-0.2, 0) is 6.54 Å². The number of ether oxygens (including phenoxy) is 2. The lowest BCUT2D eigenvalue weighted by Crippen LogP contribution is -2.23. The van der Waals surface area contributed by atoms with E-state index in [4.69, 9.17) is 9.47 Å². The summed E-state index contributed by atoms with van der Waals surface area (Å²) in [6.45, 7) is 0.671. The third-order valence-electron chi connectivity index (χ3n) is 4.91. The first kappa shape index (κ1) is 15.9. The van der Waals surface area contributed by atoms with E-state index in [1.54, 1.807) is 6.20 Å². The van der Waals surface area contributed by atoms with Crippen molar-refractivity contribution in [1.29, 1.82) is 0 Å². The van der Waals surface area contributed by atoms with Crippen LogP contribution in [0.3, 0.4) is 0 Å². The van der Waals surface area contributed by atoms with Crippen LogP contribution in [0.25, 0.3) is 5.69 Å². The van der Waals surface area contributed by atoms with Crippen molar-refractivity contribution in [1.82, 2.24) is 15.1 Å². The van der Waals surface area contributed by atoms with E-state index in [0.29, 0.717) is 18.0 Å². The van der Waals surface area contributed by atoms with Gasteiger partial charge < -0.3 is 14.8 Å². The highest BCUT2D eigenvalue weighted by Crippen LogP contribution is 2.42. The summed E-state index contributed by atoms with van der Waals surface area (Å²) in [6, 6.07) is 15.6. The minimum Gasteiger partial charge on any atom is -0.454 e. The summed E-state index contributed by atoms with van der Waals surface area (Å²) in [7, 11) is 0. The van der Waals surface area contributed by atoms with Crippen LogP contribution in [0.4, 0.5) is 0 Å². The minimum absolute atomic E-state index is 0.100. The Morgan fingerprint density at radius 1 is 1.11 bits per heavy atom. The van der Waals surface area contributed by atoms with E-state index in [2.05, 4.69) is 10.4 Å². The summed E-state index contributed by atoms with van der Waals surface area (Å²) in [4.78, 5) is 12.8. The number of fused-ring (bicyclic) bond motifs is 1. The topological polar surface area (TPSA) is 65.4 Å². The van der Waals surface area contributed by atoms with E-state index in [1.165, 1.54) is 0 Å². The largest absolute Gasteiger partial charge is 0.454 e. The Bertz CT molecular complexity index is 993. The monoisotopic (exact) mass is 361 g/mol. The van der Waals surface area contributed by atoms with Gasteiger partial charge in [-0.05, 0) is 42.7 Å². The molecule has 27 heavy (non-hydrogen) atoms. The van der Waals surface area contributed by atoms with Crippen molar-refractivity contribution in [3.8, 4) is 17.2 Å². The molecule has 2 aromatic carbocycles. The van der Waals surface area contributed by atoms with Crippen LogP contribution >= 0.6 is 0 Å². The van der Waals surface area contributed by atoms with Crippen molar-refractivity contribution < 1.29 is 14.3 Å². The normalized spacial score (nSPS) is 15.0. The lowest BCUT2D eigenvalue weighted by molar-refractivity contribution is 0.0949. The maximum atomic E-state index is 12.8. The van der Waals surface area contributed by atoms with E-state index in [1.807, 2.05) is 53.2 Å². The fourth-order valence-corrected chi connectivity index (χ4v) is 3.39. The number of aromatic nitrogens is 2. The molecule has 0 unspecified atom stereocenters. The summed E-state index contributed by atoms with van der Waals surface area (Å²) in [5.74, 6) is 1.76. The number of rotatable bonds is 5. The molecule has 1 aliphatic carbocycles. The van der Waals surface area contributed by atoms with Gasteiger partial charge in [-0.3, -0.25) is 4.79 Å². The van der Waals surface area contributed by atoms with Crippen LogP contribution in [-0.4, -0.2) is 22.5 Å². The van der Waals surface area contributed by atoms with Crippen molar-refractivity contribution in [3.63, 3.8) is 0 Å². The quantitative estimate of drug-likeness (QED) is 0.756. The Morgan fingerprint density at radius 2 is 1.93 bits per heavy atom. The van der Waals surface area contributed by atoms with Crippen LogP contribution in [0.1, 0.15) is 40.4 Å². The Labute approximate surface area is 156 Å². The van der Waals surface area contributed by atoms with Gasteiger partial charge in [-0.1, -0.05) is 24.3 Å². The van der Waals surface area contributed by atoms with Gasteiger partial charge in [0.15, 0.2) is 11.5 Å². The maximum Gasteiger partial charge on any atom is 0.255 e. The first-order valence-electron chi connectivity index (χ1n) is 9.09. The number of nitrogens with zero attached hydrogens (tertiary/aromatic N) is 2. The average molecular weight is 361 g/mol. The van der Waals surface area contributed by atoms with Crippen molar-refractivity contribution in [2.24, 2.45) is 0 Å². The molecule has 6 nitrogen and oxygen atoms in total. The molecule has 136 valence electrons. The van der Waals surface area contributed by atoms with Crippen LogP contribution in [0, 0.1) is 0 Å². The number of nitrogens with one attached hydrogen (secondary N) is 1. The lowest BCUT2D eigenvalue weighted by atomic mass is 10.1. The number of benzene rings is 2. The van der Waals surface area contributed by atoms with Crippen LogP contribution in [0.5, 0.6) is 11.5 Å². The van der Waals surface area contributed by atoms with E-state index in [0.717, 1.165) is 41.3 Å². The van der Waals surface area contributed by atoms with Gasteiger partial charge >= 0.3 is 0 Å². The first-order chi connectivity index (χ1) is 13.3. The zero-order valence-electron chi connectivity index (χ0n) is 14.7. The second-order valence-electron chi connectivity index (χ2n) is 6.84. The molecule has 2 aliphatic rings. The third-order valence-corrected chi connectivity index (χ3v) is 4.91. The molecule has 1 amide bonds. The van der Waals surface area contributed by atoms with Gasteiger partial charge in [0.05, 0.1) is 23.1 Å². The average Bonchev–Trinajstić information content (AvgIpc) is 3.27. The Balaban J connectivity index is 1.37. The molecule has 1 saturated carbocycles. The van der Waals surface area contributed by atoms with Gasteiger partial charge in [0.2, 0.25) is 6.79 Å². The zero-order valence-corrected chi connectivity index (χ0v) is 14.7. The van der Waals surface area contributed by atoms with Gasteiger partial charge in [0.25, 0.3) is 5.91 Å². The number of hydrogen-bond donors (Lipinski definition) is 1. The highest BCUT2D eigenvalue weighted by Gasteiger charge is 2.32. The number of hydrogen-bond acceptors (Lipinski definition) is 4. The van der Waals surface area contributed by atoms with Crippen LogP contribution < -0.4 is 14.8 Å². The molecule has 1 aliphatic heterocycles. The SMILES string of the molecule is O=C(NCc1ccc2c(c1)OCO2)c1cnn(-c2ccccc2)c1C1CC1. The lowest BCUT2D eigenvalue weighted by Gasteiger charge is -2.10. The third kappa shape index (κ3) is 3.03. The van der Waals surface area contributed by atoms with Crippen molar-refractivity contribution in [2.75, 3.05) is 6.79 Å². The Morgan fingerprint density at radius 3 is 2.74 bits per heavy atom. The van der Waals surface area contributed by atoms with E-state index >= 15 is 0 Å². The zero-order chi connectivity index (χ0) is 18.2. The number of carbonyl (C=O) groups is 1. The van der Waals surface area contributed by atoms with Gasteiger partial charge in [-0.25, -0.2) is 4.68 Å². The van der Waals surface area contributed by atoms with Crippen LogP contribution in [0.15, 0.2) is 54.7 Å². The molecular formula is C21H19N3O3. The molecule has 0 saturated heterocycles. The highest BCUT2D eigenvalue weighted by molar-refractivity contribution is 5.95. The van der Waals surface area contributed by atoms with E-state index in [9.17, 15) is 4.79 Å². The summed E-state index contributed by atoms with van der Waals surface area (Å²) in [6.07, 6.45) is 3.87. The Hall–Kier alpha value is -3.28. The van der Waals surface area contributed by atoms with Crippen molar-refractivity contribution >= 4 is 5.91 Å². The molecule has 1 aromatic heterocycles. The van der Waals surface area contributed by atoms with Gasteiger partial charge in [-0.15, -0.1) is 0 Å². The smallest absolute Gasteiger partial charge is 0.255 e. The predicted octanol–water partition coefficient (Wildman–Crippen LogP) is 3.41. The van der Waals surface area contributed by atoms with Crippen molar-refractivity contribution in [2.45, 2.75) is 25.3 Å². The number of carbonyl (C=O) groups excluding carboxylic acids is 1. The standard InChI is InChI=1S/C21H19N3O3/c25-21(22-11-14-6-9-18-19(10-14)27-13-26-18)17-12-23-24(20(17)15-7-8-15)16-4-2-1-3-5-16/h1-6,9-10,12,15H,7-8,11,13H2,(H,22,25). The second-order valence-corrected chi connectivity index (χ2v) is 6.84. The molecule has 0 spiro atoms. The molecule has 1 N–H and O–H groups in total. The van der Waals surface area contributed by atoms with E-state index < -0.39 is 0 Å². The van der Waals surface area contributed by atoms with E-state index in [-0.39, 0.29) is 12.7 Å². The number of para-hydroxylation sites is 1. The summed E-state index contributed by atoms with van der Waals surface area (Å²) >= 11 is 0. The number of amides is 1. The molecule has 0 bridgehead atoms. The molecule has 2 heterocycles. The van der Waals surface area contributed by atoms with Crippen LogP contribution in [0.2, 0.25) is 0 Å². The molecule has 3 aromatic rings. The maximum absolute atomic E-state index is 12.8. The first-order valence-corrected chi connectivity index (χ1v) is 9.09. The highest BCUT2D eigenvalue weighted by atomic mass is 16.7. The minimum atomic E-state index is -0.100. The fourth-order valence-electron chi connectivity index (χ4n) is 3.39. The summed E-state index contributed by atoms with van der Waals surface area (Å²) in [5.41, 5.74) is 3.61. The molecule has 0 atom stereocenters. The summed E-state index contributed by atoms with van der Waals surface area (Å²) in [5, 5.41) is 7.50. The molecule has 1 fully saturated rings. The molecular weight excluding hydrogens is 342 g/mol. The molecule has 6 heteroatoms. The molecule has 0 radical (unpaired) electrons. The fraction of sp³-hybridized carbons (Fsp3) is 0.238. The predicted molar refractivity (Wildman–Crippen MR) is 99.3 cm³/mol. The van der Waals surface area contributed by atoms with Gasteiger partial charge in [-0.2, -0.15) is 5.10 Å². The Kier molecular flexibility index (Phi) is 3.81. The van der Waals surface area contributed by atoms with Crippen molar-refractivity contribution in [3.05, 3.63) is 71.5 Å². The summed E-state index contributed by atoms with van der Waals surface area (Å²) < 4.78 is 12.6. The van der Waals surface area contributed by atoms with Gasteiger partial charge in [0, 0.05) is 12.5 Å².